The first-order chi connectivity index (χ1) is 9.77. The lowest BCUT2D eigenvalue weighted by Crippen LogP contribution is -2.37. The van der Waals surface area contributed by atoms with Gasteiger partial charge in [0, 0.05) is 12.8 Å². The Morgan fingerprint density at radius 3 is 2.29 bits per heavy atom. The van der Waals surface area contributed by atoms with Gasteiger partial charge < -0.3 is 9.47 Å². The highest BCUT2D eigenvalue weighted by atomic mass is 16.5. The number of ether oxygens (including phenoxy) is 2. The van der Waals surface area contributed by atoms with Crippen molar-refractivity contribution in [1.29, 1.82) is 0 Å². The van der Waals surface area contributed by atoms with Crippen molar-refractivity contribution in [3.63, 3.8) is 0 Å². The lowest BCUT2D eigenvalue weighted by molar-refractivity contribution is -0.162. The highest BCUT2D eigenvalue weighted by Gasteiger charge is 2.59. The van der Waals surface area contributed by atoms with Crippen LogP contribution < -0.4 is 0 Å². The van der Waals surface area contributed by atoms with Gasteiger partial charge in [-0.3, -0.25) is 9.59 Å². The second-order valence-electron chi connectivity index (χ2n) is 8.06. The van der Waals surface area contributed by atoms with Crippen LogP contribution in [0, 0.1) is 29.1 Å². The molecule has 3 saturated carbocycles. The largest absolute Gasteiger partial charge is 0.462 e. The van der Waals surface area contributed by atoms with Gasteiger partial charge in [0.2, 0.25) is 0 Å². The van der Waals surface area contributed by atoms with Crippen molar-refractivity contribution in [3.05, 3.63) is 0 Å². The fourth-order valence-electron chi connectivity index (χ4n) is 4.81. The predicted octanol–water partition coefficient (Wildman–Crippen LogP) is 2.94. The molecule has 0 aromatic heterocycles. The fourth-order valence-corrected chi connectivity index (χ4v) is 4.81. The standard InChI is InChI=1S/C17H26O4/c1-9(18)20-14-8-10-7-12(14)11-5-6-13(15(10)11)21-16(19)17(2,3)4/h10-15H,5-8H2,1-4H3. The Kier molecular flexibility index (Phi) is 3.53. The lowest BCUT2D eigenvalue weighted by Gasteiger charge is -2.33. The van der Waals surface area contributed by atoms with Gasteiger partial charge >= 0.3 is 11.9 Å². The molecule has 3 rings (SSSR count). The van der Waals surface area contributed by atoms with Gasteiger partial charge in [-0.05, 0) is 64.2 Å². The minimum atomic E-state index is -0.435. The van der Waals surface area contributed by atoms with Crippen LogP contribution in [0.25, 0.3) is 0 Å². The number of fused-ring (bicyclic) bond motifs is 5. The maximum atomic E-state index is 12.1. The molecule has 0 N–H and O–H groups in total. The second kappa shape index (κ2) is 4.99. The van der Waals surface area contributed by atoms with Crippen molar-refractivity contribution in [2.24, 2.45) is 29.1 Å². The molecule has 6 unspecified atom stereocenters. The number of rotatable bonds is 2. The number of carbonyl (C=O) groups excluding carboxylic acids is 2. The van der Waals surface area contributed by atoms with Gasteiger partial charge in [-0.25, -0.2) is 0 Å². The summed E-state index contributed by atoms with van der Waals surface area (Å²) in [6.45, 7) is 7.20. The maximum absolute atomic E-state index is 12.1. The van der Waals surface area contributed by atoms with E-state index in [9.17, 15) is 9.59 Å². The van der Waals surface area contributed by atoms with Gasteiger partial charge in [0.25, 0.3) is 0 Å². The van der Waals surface area contributed by atoms with E-state index >= 15 is 0 Å². The quantitative estimate of drug-likeness (QED) is 0.735. The van der Waals surface area contributed by atoms with Crippen molar-refractivity contribution >= 4 is 11.9 Å². The van der Waals surface area contributed by atoms with Crippen LogP contribution in [0.4, 0.5) is 0 Å². The highest BCUT2D eigenvalue weighted by molar-refractivity contribution is 5.75. The number of carbonyl (C=O) groups is 2. The van der Waals surface area contributed by atoms with E-state index in [0.29, 0.717) is 23.7 Å². The molecule has 3 fully saturated rings. The van der Waals surface area contributed by atoms with Gasteiger partial charge in [-0.2, -0.15) is 0 Å². The molecule has 4 heteroatoms. The van der Waals surface area contributed by atoms with Gasteiger partial charge in [0.15, 0.2) is 0 Å². The van der Waals surface area contributed by atoms with E-state index in [1.54, 1.807) is 0 Å². The molecule has 0 aliphatic heterocycles. The summed E-state index contributed by atoms with van der Waals surface area (Å²) >= 11 is 0. The van der Waals surface area contributed by atoms with Crippen molar-refractivity contribution in [2.45, 2.75) is 65.6 Å². The number of hydrogen-bond acceptors (Lipinski definition) is 4. The van der Waals surface area contributed by atoms with Crippen molar-refractivity contribution in [2.75, 3.05) is 0 Å². The van der Waals surface area contributed by atoms with Crippen LogP contribution in [-0.2, 0) is 19.1 Å². The van der Waals surface area contributed by atoms with E-state index in [-0.39, 0.29) is 24.1 Å². The molecule has 118 valence electrons. The summed E-state index contributed by atoms with van der Waals surface area (Å²) in [6, 6.07) is 0. The second-order valence-corrected chi connectivity index (χ2v) is 8.06. The Morgan fingerprint density at radius 1 is 0.952 bits per heavy atom. The SMILES string of the molecule is CC(=O)OC1CC2CC1C1CCC(OC(=O)C(C)(C)C)C21. The normalized spacial score (nSPS) is 41.0. The predicted molar refractivity (Wildman–Crippen MR) is 77.3 cm³/mol. The lowest BCUT2D eigenvalue weighted by atomic mass is 9.79. The topological polar surface area (TPSA) is 52.6 Å². The van der Waals surface area contributed by atoms with Gasteiger partial charge in [-0.15, -0.1) is 0 Å². The number of hydrogen-bond donors (Lipinski definition) is 0. The Labute approximate surface area is 126 Å². The summed E-state index contributed by atoms with van der Waals surface area (Å²) in [4.78, 5) is 23.3. The van der Waals surface area contributed by atoms with E-state index in [2.05, 4.69) is 0 Å². The third-order valence-corrected chi connectivity index (χ3v) is 5.58. The molecule has 21 heavy (non-hydrogen) atoms. The van der Waals surface area contributed by atoms with Crippen molar-refractivity contribution in [1.82, 2.24) is 0 Å². The van der Waals surface area contributed by atoms with Crippen LogP contribution in [0.3, 0.4) is 0 Å². The molecular formula is C17H26O4. The third kappa shape index (κ3) is 2.58. The maximum Gasteiger partial charge on any atom is 0.311 e. The average Bonchev–Trinajstić information content (AvgIpc) is 2.99. The average molecular weight is 294 g/mol. The molecule has 3 aliphatic rings. The molecule has 0 aromatic rings. The van der Waals surface area contributed by atoms with Crippen molar-refractivity contribution < 1.29 is 19.1 Å². The fraction of sp³-hybridized carbons (Fsp3) is 0.882. The monoisotopic (exact) mass is 294 g/mol. The zero-order valence-corrected chi connectivity index (χ0v) is 13.4. The Morgan fingerprint density at radius 2 is 1.67 bits per heavy atom. The molecule has 0 radical (unpaired) electrons. The van der Waals surface area contributed by atoms with Crippen LogP contribution in [0.15, 0.2) is 0 Å². The summed E-state index contributed by atoms with van der Waals surface area (Å²) in [6.07, 6.45) is 4.34. The van der Waals surface area contributed by atoms with Crippen LogP contribution in [0.1, 0.15) is 53.4 Å². The molecule has 0 spiro atoms. The molecular weight excluding hydrogens is 268 g/mol. The minimum absolute atomic E-state index is 0.0787. The van der Waals surface area contributed by atoms with E-state index in [1.165, 1.54) is 6.92 Å². The van der Waals surface area contributed by atoms with Crippen LogP contribution in [0.2, 0.25) is 0 Å². The summed E-state index contributed by atoms with van der Waals surface area (Å²) in [5, 5.41) is 0. The van der Waals surface area contributed by atoms with E-state index < -0.39 is 5.41 Å². The van der Waals surface area contributed by atoms with Crippen molar-refractivity contribution in [3.8, 4) is 0 Å². The highest BCUT2D eigenvalue weighted by Crippen LogP contribution is 2.60. The molecule has 4 nitrogen and oxygen atoms in total. The Balaban J connectivity index is 1.65. The first-order valence-electron chi connectivity index (χ1n) is 8.15. The molecule has 0 amide bonds. The van der Waals surface area contributed by atoms with Gasteiger partial charge in [0.1, 0.15) is 12.2 Å². The van der Waals surface area contributed by atoms with E-state index in [0.717, 1.165) is 25.7 Å². The van der Waals surface area contributed by atoms with Crippen LogP contribution in [0.5, 0.6) is 0 Å². The minimum Gasteiger partial charge on any atom is -0.462 e. The van der Waals surface area contributed by atoms with Gasteiger partial charge in [-0.1, -0.05) is 0 Å². The zero-order chi connectivity index (χ0) is 15.4. The molecule has 0 saturated heterocycles. The van der Waals surface area contributed by atoms with E-state index in [4.69, 9.17) is 9.47 Å². The van der Waals surface area contributed by atoms with Crippen LogP contribution >= 0.6 is 0 Å². The Bertz CT molecular complexity index is 450. The van der Waals surface area contributed by atoms with Gasteiger partial charge in [0.05, 0.1) is 5.41 Å². The Hall–Kier alpha value is -1.06. The molecule has 6 atom stereocenters. The summed E-state index contributed by atoms with van der Waals surface area (Å²) in [7, 11) is 0. The number of esters is 2. The summed E-state index contributed by atoms with van der Waals surface area (Å²) in [5.74, 6) is 1.86. The first-order valence-corrected chi connectivity index (χ1v) is 8.15. The molecule has 3 aliphatic carbocycles. The molecule has 2 bridgehead atoms. The zero-order valence-electron chi connectivity index (χ0n) is 13.4. The summed E-state index contributed by atoms with van der Waals surface area (Å²) in [5.41, 5.74) is -0.435. The first kappa shape index (κ1) is 14.9. The molecule has 0 aromatic carbocycles. The van der Waals surface area contributed by atoms with E-state index in [1.807, 2.05) is 20.8 Å². The smallest absolute Gasteiger partial charge is 0.311 e. The third-order valence-electron chi connectivity index (χ3n) is 5.58. The summed E-state index contributed by atoms with van der Waals surface area (Å²) < 4.78 is 11.3. The van der Waals surface area contributed by atoms with Crippen LogP contribution in [-0.4, -0.2) is 24.1 Å². The molecule has 0 heterocycles.